The van der Waals surface area contributed by atoms with Crippen molar-refractivity contribution in [3.63, 3.8) is 0 Å². The summed E-state index contributed by atoms with van der Waals surface area (Å²) in [7, 11) is 0. The quantitative estimate of drug-likeness (QED) is 0.469. The van der Waals surface area contributed by atoms with E-state index in [1.165, 1.54) is 36.0 Å². The van der Waals surface area contributed by atoms with Crippen molar-refractivity contribution in [1.29, 1.82) is 0 Å². The Kier molecular flexibility index (Phi) is 5.51. The second-order valence-electron chi connectivity index (χ2n) is 5.03. The first kappa shape index (κ1) is 16.3. The average Bonchev–Trinajstić information content (AvgIpc) is 2.61. The van der Waals surface area contributed by atoms with Crippen LogP contribution in [-0.2, 0) is 0 Å². The number of carbonyl (C=O) groups is 1. The van der Waals surface area contributed by atoms with Crippen molar-refractivity contribution in [2.24, 2.45) is 0 Å². The Hall–Kier alpha value is -1.60. The zero-order chi connectivity index (χ0) is 16.1. The van der Waals surface area contributed by atoms with Crippen LogP contribution in [0.1, 0.15) is 10.4 Å². The van der Waals surface area contributed by atoms with Gasteiger partial charge in [-0.3, -0.25) is 4.79 Å². The number of anilines is 1. The van der Waals surface area contributed by atoms with E-state index in [0.29, 0.717) is 5.56 Å². The highest BCUT2D eigenvalue weighted by atomic mass is 32.2. The van der Waals surface area contributed by atoms with Crippen LogP contribution in [0.5, 0.6) is 0 Å². The monoisotopic (exact) mass is 349 g/mol. The molecule has 7 heteroatoms. The van der Waals surface area contributed by atoms with Gasteiger partial charge in [0.1, 0.15) is 23.0 Å². The van der Waals surface area contributed by atoms with Gasteiger partial charge in [0.15, 0.2) is 5.78 Å². The number of hydrogen-bond acceptors (Lipinski definition) is 6. The third-order valence-electron chi connectivity index (χ3n) is 3.48. The van der Waals surface area contributed by atoms with Crippen LogP contribution in [-0.4, -0.2) is 46.1 Å². The van der Waals surface area contributed by atoms with E-state index >= 15 is 0 Å². The topological polar surface area (TPSA) is 46.1 Å². The van der Waals surface area contributed by atoms with E-state index in [1.807, 2.05) is 17.8 Å². The number of thioether (sulfide) groups is 2. The number of hydrogen-bond donors (Lipinski definition) is 0. The van der Waals surface area contributed by atoms with Gasteiger partial charge in [-0.05, 0) is 24.3 Å². The van der Waals surface area contributed by atoms with Gasteiger partial charge < -0.3 is 4.90 Å². The number of halogens is 1. The molecular weight excluding hydrogens is 333 g/mol. The minimum Gasteiger partial charge on any atom is -0.355 e. The molecule has 4 nitrogen and oxygen atoms in total. The van der Waals surface area contributed by atoms with Crippen LogP contribution >= 0.6 is 23.5 Å². The van der Waals surface area contributed by atoms with Crippen molar-refractivity contribution in [3.8, 4) is 0 Å². The summed E-state index contributed by atoms with van der Waals surface area (Å²) in [6.07, 6.45) is 1.54. The standard InChI is InChI=1S/C16H16FN3OS2/c17-13-3-1-12(2-4-13)14(21)10-23-16-9-15(18-11-19-16)20-5-7-22-8-6-20/h1-4,9,11H,5-8,10H2. The lowest BCUT2D eigenvalue weighted by Gasteiger charge is -2.27. The third kappa shape index (κ3) is 4.45. The molecule has 0 aliphatic carbocycles. The second-order valence-corrected chi connectivity index (χ2v) is 7.25. The van der Waals surface area contributed by atoms with Gasteiger partial charge in [-0.2, -0.15) is 11.8 Å². The van der Waals surface area contributed by atoms with E-state index in [9.17, 15) is 9.18 Å². The molecule has 0 amide bonds. The second kappa shape index (κ2) is 7.79. The van der Waals surface area contributed by atoms with E-state index in [0.717, 1.165) is 35.4 Å². The van der Waals surface area contributed by atoms with Gasteiger partial charge in [0.2, 0.25) is 0 Å². The van der Waals surface area contributed by atoms with Gasteiger partial charge in [0, 0.05) is 36.2 Å². The molecule has 2 heterocycles. The summed E-state index contributed by atoms with van der Waals surface area (Å²) in [6.45, 7) is 1.97. The number of carbonyl (C=O) groups excluding carboxylic acids is 1. The van der Waals surface area contributed by atoms with E-state index in [1.54, 1.807) is 6.33 Å². The van der Waals surface area contributed by atoms with Gasteiger partial charge in [-0.15, -0.1) is 0 Å². The van der Waals surface area contributed by atoms with Crippen LogP contribution in [0.25, 0.3) is 0 Å². The highest BCUT2D eigenvalue weighted by molar-refractivity contribution is 8.00. The maximum atomic E-state index is 12.9. The van der Waals surface area contributed by atoms with Crippen molar-refractivity contribution >= 4 is 35.1 Å². The minimum atomic E-state index is -0.339. The molecule has 3 rings (SSSR count). The summed E-state index contributed by atoms with van der Waals surface area (Å²) in [6, 6.07) is 7.55. The third-order valence-corrected chi connectivity index (χ3v) is 5.35. The van der Waals surface area contributed by atoms with Crippen LogP contribution in [0.15, 0.2) is 41.7 Å². The summed E-state index contributed by atoms with van der Waals surface area (Å²) in [5.74, 6) is 3.03. The molecule has 0 saturated carbocycles. The number of rotatable bonds is 5. The van der Waals surface area contributed by atoms with Crippen LogP contribution in [0.4, 0.5) is 10.2 Å². The zero-order valence-corrected chi connectivity index (χ0v) is 14.1. The normalized spacial score (nSPS) is 14.7. The van der Waals surface area contributed by atoms with Gasteiger partial charge in [-0.25, -0.2) is 14.4 Å². The maximum Gasteiger partial charge on any atom is 0.173 e. The molecule has 0 N–H and O–H groups in total. The molecule has 1 aliphatic rings. The minimum absolute atomic E-state index is 0.0375. The van der Waals surface area contributed by atoms with Crippen molar-refractivity contribution in [2.45, 2.75) is 5.03 Å². The highest BCUT2D eigenvalue weighted by Crippen LogP contribution is 2.22. The van der Waals surface area contributed by atoms with Gasteiger partial charge in [0.05, 0.1) is 5.75 Å². The summed E-state index contributed by atoms with van der Waals surface area (Å²) in [4.78, 5) is 22.9. The molecular formula is C16H16FN3OS2. The molecule has 0 bridgehead atoms. The van der Waals surface area contributed by atoms with E-state index in [2.05, 4.69) is 14.9 Å². The van der Waals surface area contributed by atoms with Crippen LogP contribution < -0.4 is 4.90 Å². The number of nitrogens with zero attached hydrogens (tertiary/aromatic N) is 3. The number of benzene rings is 1. The van der Waals surface area contributed by atoms with Crippen molar-refractivity contribution in [3.05, 3.63) is 48.0 Å². The van der Waals surface area contributed by atoms with Gasteiger partial charge >= 0.3 is 0 Å². The highest BCUT2D eigenvalue weighted by Gasteiger charge is 2.14. The lowest BCUT2D eigenvalue weighted by Crippen LogP contribution is -2.33. The summed E-state index contributed by atoms with van der Waals surface area (Å²) in [5, 5.41) is 0.781. The van der Waals surface area contributed by atoms with E-state index < -0.39 is 0 Å². The van der Waals surface area contributed by atoms with Crippen molar-refractivity contribution in [1.82, 2.24) is 9.97 Å². The molecule has 0 radical (unpaired) electrons. The number of Topliss-reactive ketones (excluding diaryl/α,β-unsaturated/α-hetero) is 1. The molecule has 1 aromatic heterocycles. The first-order chi connectivity index (χ1) is 11.2. The largest absolute Gasteiger partial charge is 0.355 e. The SMILES string of the molecule is O=C(CSc1cc(N2CCSCC2)ncn1)c1ccc(F)cc1. The molecule has 1 saturated heterocycles. The van der Waals surface area contributed by atoms with Gasteiger partial charge in [0.25, 0.3) is 0 Å². The Bertz CT molecular complexity index is 675. The van der Waals surface area contributed by atoms with E-state index in [-0.39, 0.29) is 17.4 Å². The molecule has 0 unspecified atom stereocenters. The lowest BCUT2D eigenvalue weighted by atomic mass is 10.1. The Morgan fingerprint density at radius 2 is 1.96 bits per heavy atom. The predicted octanol–water partition coefficient (Wildman–Crippen LogP) is 3.14. The first-order valence-electron chi connectivity index (χ1n) is 7.29. The molecule has 0 spiro atoms. The zero-order valence-electron chi connectivity index (χ0n) is 12.4. The van der Waals surface area contributed by atoms with Gasteiger partial charge in [-0.1, -0.05) is 11.8 Å². The summed E-state index contributed by atoms with van der Waals surface area (Å²) in [5.41, 5.74) is 0.515. The lowest BCUT2D eigenvalue weighted by molar-refractivity contribution is 0.102. The number of aromatic nitrogens is 2. The fourth-order valence-corrected chi connectivity index (χ4v) is 3.89. The molecule has 23 heavy (non-hydrogen) atoms. The van der Waals surface area contributed by atoms with Crippen LogP contribution in [0.3, 0.4) is 0 Å². The van der Waals surface area contributed by atoms with Crippen LogP contribution in [0.2, 0.25) is 0 Å². The predicted molar refractivity (Wildman–Crippen MR) is 93.0 cm³/mol. The Morgan fingerprint density at radius 1 is 1.22 bits per heavy atom. The Balaban J connectivity index is 1.61. The summed E-state index contributed by atoms with van der Waals surface area (Å²) < 4.78 is 12.9. The van der Waals surface area contributed by atoms with Crippen molar-refractivity contribution < 1.29 is 9.18 Å². The summed E-state index contributed by atoms with van der Waals surface area (Å²) >= 11 is 3.33. The Labute approximate surface area is 142 Å². The molecule has 120 valence electrons. The molecule has 1 fully saturated rings. The number of ketones is 1. The average molecular weight is 349 g/mol. The van der Waals surface area contributed by atoms with Crippen LogP contribution in [0, 0.1) is 5.82 Å². The van der Waals surface area contributed by atoms with E-state index in [4.69, 9.17) is 0 Å². The fraction of sp³-hybridized carbons (Fsp3) is 0.312. The van der Waals surface area contributed by atoms with Crippen molar-refractivity contribution in [2.75, 3.05) is 35.2 Å². The molecule has 1 aromatic carbocycles. The molecule has 1 aliphatic heterocycles. The fourth-order valence-electron chi connectivity index (χ4n) is 2.23. The smallest absolute Gasteiger partial charge is 0.173 e. The maximum absolute atomic E-state index is 12.9. The Morgan fingerprint density at radius 3 is 2.70 bits per heavy atom. The molecule has 0 atom stereocenters. The first-order valence-corrected chi connectivity index (χ1v) is 9.43. The molecule has 2 aromatic rings.